The summed E-state index contributed by atoms with van der Waals surface area (Å²) in [6, 6.07) is 7.49. The third-order valence-electron chi connectivity index (χ3n) is 2.33. The molecule has 1 aromatic heterocycles. The van der Waals surface area contributed by atoms with E-state index in [1.54, 1.807) is 0 Å². The van der Waals surface area contributed by atoms with E-state index < -0.39 is 5.97 Å². The third kappa shape index (κ3) is 2.26. The molecule has 0 unspecified atom stereocenters. The number of rotatable bonds is 2. The molecule has 0 amide bonds. The fourth-order valence-corrected chi connectivity index (χ4v) is 1.64. The topological polar surface area (TPSA) is 63.1 Å². The van der Waals surface area contributed by atoms with Crippen LogP contribution in [0.4, 0.5) is 0 Å². The van der Waals surface area contributed by atoms with Crippen molar-refractivity contribution in [3.63, 3.8) is 0 Å². The molecule has 2 rings (SSSR count). The molecule has 17 heavy (non-hydrogen) atoms. The number of aromatic carboxylic acids is 1. The first kappa shape index (κ1) is 11.5. The molecule has 0 aliphatic rings. The number of carboxylic acids is 1. The lowest BCUT2D eigenvalue weighted by Gasteiger charge is -2.05. The summed E-state index contributed by atoms with van der Waals surface area (Å²) in [5.74, 6) is -0.794. The van der Waals surface area contributed by atoms with E-state index in [9.17, 15) is 4.79 Å². The number of carbonyl (C=O) groups is 1. The Balaban J connectivity index is 2.58. The van der Waals surface area contributed by atoms with E-state index >= 15 is 0 Å². The lowest BCUT2D eigenvalue weighted by Crippen LogP contribution is -2.04. The van der Waals surface area contributed by atoms with Crippen molar-refractivity contribution in [1.82, 2.24) is 9.97 Å². The summed E-state index contributed by atoms with van der Waals surface area (Å²) < 4.78 is 0. The zero-order valence-electron chi connectivity index (χ0n) is 9.01. The molecule has 0 bridgehead atoms. The molecular formula is C12H9ClN2O2. The quantitative estimate of drug-likeness (QED) is 0.888. The molecule has 86 valence electrons. The minimum atomic E-state index is -1.16. The summed E-state index contributed by atoms with van der Waals surface area (Å²) in [4.78, 5) is 18.9. The van der Waals surface area contributed by atoms with Crippen LogP contribution in [0.2, 0.25) is 5.02 Å². The third-order valence-corrected chi connectivity index (χ3v) is 2.61. The summed E-state index contributed by atoms with van der Waals surface area (Å²) in [7, 11) is 0. The number of aromatic nitrogens is 2. The van der Waals surface area contributed by atoms with E-state index in [1.807, 2.05) is 31.2 Å². The monoisotopic (exact) mass is 248 g/mol. The van der Waals surface area contributed by atoms with Crippen molar-refractivity contribution in [3.8, 4) is 11.4 Å². The largest absolute Gasteiger partial charge is 0.476 e. The van der Waals surface area contributed by atoms with Gasteiger partial charge >= 0.3 is 5.97 Å². The maximum atomic E-state index is 10.9. The van der Waals surface area contributed by atoms with E-state index in [4.69, 9.17) is 16.7 Å². The molecule has 1 aromatic carbocycles. The number of carboxylic acid groups (broad SMARTS) is 1. The molecule has 0 spiro atoms. The van der Waals surface area contributed by atoms with Crippen LogP contribution in [0, 0.1) is 6.92 Å². The van der Waals surface area contributed by atoms with Gasteiger partial charge in [-0.1, -0.05) is 35.9 Å². The number of benzene rings is 1. The zero-order chi connectivity index (χ0) is 12.4. The number of halogens is 1. The molecule has 5 heteroatoms. The van der Waals surface area contributed by atoms with Gasteiger partial charge in [0.2, 0.25) is 0 Å². The minimum Gasteiger partial charge on any atom is -0.476 e. The Morgan fingerprint density at radius 2 is 2.06 bits per heavy atom. The first-order valence-electron chi connectivity index (χ1n) is 4.91. The number of aryl methyl sites for hydroxylation is 1. The van der Waals surface area contributed by atoms with Crippen LogP contribution in [-0.4, -0.2) is 21.0 Å². The average molecular weight is 249 g/mol. The Labute approximate surface area is 103 Å². The van der Waals surface area contributed by atoms with Gasteiger partial charge in [-0.05, 0) is 12.5 Å². The highest BCUT2D eigenvalue weighted by Gasteiger charge is 2.14. The highest BCUT2D eigenvalue weighted by atomic mass is 35.5. The molecule has 0 aliphatic carbocycles. The van der Waals surface area contributed by atoms with Gasteiger partial charge in [0.25, 0.3) is 0 Å². The summed E-state index contributed by atoms with van der Waals surface area (Å²) in [5.41, 5.74) is 1.60. The Morgan fingerprint density at radius 1 is 1.35 bits per heavy atom. The van der Waals surface area contributed by atoms with Gasteiger partial charge in [-0.3, -0.25) is 0 Å². The predicted octanol–water partition coefficient (Wildman–Crippen LogP) is 2.80. The van der Waals surface area contributed by atoms with Gasteiger partial charge in [0.05, 0.1) is 11.2 Å². The minimum absolute atomic E-state index is 0.0369. The zero-order valence-corrected chi connectivity index (χ0v) is 9.77. The van der Waals surface area contributed by atoms with Crippen molar-refractivity contribution in [2.45, 2.75) is 6.92 Å². The number of hydrogen-bond acceptors (Lipinski definition) is 3. The van der Waals surface area contributed by atoms with E-state index in [1.165, 1.54) is 6.20 Å². The van der Waals surface area contributed by atoms with Gasteiger partial charge in [0.15, 0.2) is 11.5 Å². The van der Waals surface area contributed by atoms with Crippen LogP contribution in [-0.2, 0) is 0 Å². The molecule has 0 saturated heterocycles. The fourth-order valence-electron chi connectivity index (χ4n) is 1.47. The number of nitrogens with zero attached hydrogens (tertiary/aromatic N) is 2. The fraction of sp³-hybridized carbons (Fsp3) is 0.0833. The molecule has 0 fully saturated rings. The summed E-state index contributed by atoms with van der Waals surface area (Å²) in [5, 5.41) is 8.97. The predicted molar refractivity (Wildman–Crippen MR) is 64.2 cm³/mol. The Hall–Kier alpha value is -1.94. The highest BCUT2D eigenvalue weighted by molar-refractivity contribution is 6.33. The first-order valence-corrected chi connectivity index (χ1v) is 5.29. The van der Waals surface area contributed by atoms with Crippen LogP contribution in [0.1, 0.15) is 16.1 Å². The van der Waals surface area contributed by atoms with Crippen molar-refractivity contribution < 1.29 is 9.90 Å². The van der Waals surface area contributed by atoms with Gasteiger partial charge in [-0.15, -0.1) is 0 Å². The lowest BCUT2D eigenvalue weighted by atomic mass is 10.1. The molecule has 0 saturated carbocycles. The van der Waals surface area contributed by atoms with Crippen LogP contribution in [0.15, 0.2) is 30.5 Å². The van der Waals surface area contributed by atoms with Crippen molar-refractivity contribution in [1.29, 1.82) is 0 Å². The Bertz CT molecular complexity index is 584. The molecular weight excluding hydrogens is 240 g/mol. The second-order valence-corrected chi connectivity index (χ2v) is 3.92. The SMILES string of the molecule is Cc1ccccc1-c1ncc(Cl)c(C(=O)O)n1. The van der Waals surface area contributed by atoms with Crippen LogP contribution < -0.4 is 0 Å². The van der Waals surface area contributed by atoms with E-state index in [-0.39, 0.29) is 10.7 Å². The standard InChI is InChI=1S/C12H9ClN2O2/c1-7-4-2-3-5-8(7)11-14-6-9(13)10(15-11)12(16)17/h2-6H,1H3,(H,16,17). The molecule has 1 N–H and O–H groups in total. The van der Waals surface area contributed by atoms with Crippen LogP contribution in [0.25, 0.3) is 11.4 Å². The smallest absolute Gasteiger partial charge is 0.356 e. The second-order valence-electron chi connectivity index (χ2n) is 3.51. The Kier molecular flexibility index (Phi) is 3.06. The van der Waals surface area contributed by atoms with Crippen LogP contribution in [0.3, 0.4) is 0 Å². The molecule has 1 heterocycles. The van der Waals surface area contributed by atoms with E-state index in [0.717, 1.165) is 11.1 Å². The maximum absolute atomic E-state index is 10.9. The lowest BCUT2D eigenvalue weighted by molar-refractivity contribution is 0.0690. The first-order chi connectivity index (χ1) is 8.09. The van der Waals surface area contributed by atoms with E-state index in [2.05, 4.69) is 9.97 Å². The molecule has 2 aromatic rings. The van der Waals surface area contributed by atoms with Gasteiger partial charge in [0.1, 0.15) is 0 Å². The van der Waals surface area contributed by atoms with Gasteiger partial charge in [-0.25, -0.2) is 14.8 Å². The Morgan fingerprint density at radius 3 is 2.71 bits per heavy atom. The van der Waals surface area contributed by atoms with Crippen molar-refractivity contribution in [3.05, 3.63) is 46.7 Å². The maximum Gasteiger partial charge on any atom is 0.356 e. The molecule has 0 atom stereocenters. The van der Waals surface area contributed by atoms with Gasteiger partial charge in [-0.2, -0.15) is 0 Å². The van der Waals surface area contributed by atoms with Crippen molar-refractivity contribution in [2.75, 3.05) is 0 Å². The summed E-state index contributed by atoms with van der Waals surface area (Å²) >= 11 is 5.71. The number of hydrogen-bond donors (Lipinski definition) is 1. The molecule has 0 aliphatic heterocycles. The summed E-state index contributed by atoms with van der Waals surface area (Å²) in [6.07, 6.45) is 1.31. The van der Waals surface area contributed by atoms with Crippen LogP contribution >= 0.6 is 11.6 Å². The average Bonchev–Trinajstić information content (AvgIpc) is 2.30. The highest BCUT2D eigenvalue weighted by Crippen LogP contribution is 2.21. The van der Waals surface area contributed by atoms with E-state index in [0.29, 0.717) is 5.82 Å². The van der Waals surface area contributed by atoms with Crippen LogP contribution in [0.5, 0.6) is 0 Å². The van der Waals surface area contributed by atoms with Gasteiger partial charge < -0.3 is 5.11 Å². The van der Waals surface area contributed by atoms with Crippen molar-refractivity contribution in [2.24, 2.45) is 0 Å². The normalized spacial score (nSPS) is 10.2. The van der Waals surface area contributed by atoms with Crippen molar-refractivity contribution >= 4 is 17.6 Å². The molecule has 0 radical (unpaired) electrons. The second kappa shape index (κ2) is 4.51. The van der Waals surface area contributed by atoms with Gasteiger partial charge in [0, 0.05) is 5.56 Å². The molecule has 4 nitrogen and oxygen atoms in total. The summed E-state index contributed by atoms with van der Waals surface area (Å²) in [6.45, 7) is 1.91.